The summed E-state index contributed by atoms with van der Waals surface area (Å²) in [6, 6.07) is 7.60. The maximum atomic E-state index is 12.3. The summed E-state index contributed by atoms with van der Waals surface area (Å²) in [6.07, 6.45) is 4.28. The summed E-state index contributed by atoms with van der Waals surface area (Å²) in [5, 5.41) is 4.63. The molecule has 2 aromatic rings. The number of likely N-dealkylation sites (tertiary alicyclic amines) is 1. The summed E-state index contributed by atoms with van der Waals surface area (Å²) in [6.45, 7) is 2.97. The minimum Gasteiger partial charge on any atom is -0.340 e. The molecule has 1 saturated heterocycles. The molecule has 0 radical (unpaired) electrons. The largest absolute Gasteiger partial charge is 0.340 e. The summed E-state index contributed by atoms with van der Waals surface area (Å²) in [4.78, 5) is 18.6. The predicted molar refractivity (Wildman–Crippen MR) is 88.1 cm³/mol. The SMILES string of the molecule is C[C@@H]1CCCCN1C(=O)CCc1nc(-c2ccc(Cl)cc2)no1. The summed E-state index contributed by atoms with van der Waals surface area (Å²) >= 11 is 5.87. The first-order chi connectivity index (χ1) is 11.1. The highest BCUT2D eigenvalue weighted by atomic mass is 35.5. The Kier molecular flexibility index (Phi) is 4.96. The van der Waals surface area contributed by atoms with Gasteiger partial charge in [-0.05, 0) is 50.5 Å². The summed E-state index contributed by atoms with van der Waals surface area (Å²) in [5.74, 6) is 1.19. The highest BCUT2D eigenvalue weighted by Crippen LogP contribution is 2.20. The number of hydrogen-bond acceptors (Lipinski definition) is 4. The van der Waals surface area contributed by atoms with Crippen LogP contribution in [-0.4, -0.2) is 33.5 Å². The second-order valence-corrected chi connectivity index (χ2v) is 6.39. The van der Waals surface area contributed by atoms with Gasteiger partial charge >= 0.3 is 0 Å². The minimum absolute atomic E-state index is 0.170. The molecule has 0 aliphatic carbocycles. The van der Waals surface area contributed by atoms with E-state index in [9.17, 15) is 4.79 Å². The third kappa shape index (κ3) is 3.91. The van der Waals surface area contributed by atoms with Gasteiger partial charge < -0.3 is 9.42 Å². The zero-order valence-electron chi connectivity index (χ0n) is 13.2. The monoisotopic (exact) mass is 333 g/mol. The van der Waals surface area contributed by atoms with E-state index >= 15 is 0 Å². The van der Waals surface area contributed by atoms with E-state index in [0.29, 0.717) is 35.6 Å². The van der Waals surface area contributed by atoms with Crippen molar-refractivity contribution in [3.63, 3.8) is 0 Å². The van der Waals surface area contributed by atoms with E-state index in [1.54, 1.807) is 12.1 Å². The van der Waals surface area contributed by atoms with Crippen LogP contribution in [0.5, 0.6) is 0 Å². The van der Waals surface area contributed by atoms with Crippen LogP contribution in [0.25, 0.3) is 11.4 Å². The molecule has 1 aromatic carbocycles. The van der Waals surface area contributed by atoms with Gasteiger partial charge in [-0.2, -0.15) is 4.98 Å². The second-order valence-electron chi connectivity index (χ2n) is 5.95. The minimum atomic E-state index is 0.170. The molecule has 0 N–H and O–H groups in total. The molecule has 3 rings (SSSR count). The topological polar surface area (TPSA) is 59.2 Å². The number of halogens is 1. The first-order valence-electron chi connectivity index (χ1n) is 8.01. The van der Waals surface area contributed by atoms with E-state index in [-0.39, 0.29) is 5.91 Å². The van der Waals surface area contributed by atoms with Crippen LogP contribution in [-0.2, 0) is 11.2 Å². The van der Waals surface area contributed by atoms with Gasteiger partial charge in [0.15, 0.2) is 0 Å². The molecule has 2 heterocycles. The van der Waals surface area contributed by atoms with Crippen LogP contribution in [0.15, 0.2) is 28.8 Å². The fourth-order valence-corrected chi connectivity index (χ4v) is 3.02. The molecule has 5 nitrogen and oxygen atoms in total. The molecule has 1 aliphatic heterocycles. The Balaban J connectivity index is 1.58. The third-order valence-electron chi connectivity index (χ3n) is 4.25. The van der Waals surface area contributed by atoms with Crippen LogP contribution in [0.2, 0.25) is 5.02 Å². The molecule has 1 amide bonds. The zero-order valence-corrected chi connectivity index (χ0v) is 13.9. The molecule has 1 aromatic heterocycles. The number of aryl methyl sites for hydroxylation is 1. The molecule has 1 atom stereocenters. The Morgan fingerprint density at radius 1 is 1.35 bits per heavy atom. The van der Waals surface area contributed by atoms with Crippen LogP contribution in [0.4, 0.5) is 0 Å². The molecule has 122 valence electrons. The number of carbonyl (C=O) groups is 1. The number of piperidine rings is 1. The van der Waals surface area contributed by atoms with Gasteiger partial charge in [0.25, 0.3) is 0 Å². The van der Waals surface area contributed by atoms with E-state index in [4.69, 9.17) is 16.1 Å². The Bertz CT molecular complexity index is 669. The van der Waals surface area contributed by atoms with Crippen molar-refractivity contribution in [1.82, 2.24) is 15.0 Å². The van der Waals surface area contributed by atoms with E-state index in [1.165, 1.54) is 6.42 Å². The second kappa shape index (κ2) is 7.13. The van der Waals surface area contributed by atoms with Crippen molar-refractivity contribution in [3.05, 3.63) is 35.2 Å². The lowest BCUT2D eigenvalue weighted by Crippen LogP contribution is -2.42. The van der Waals surface area contributed by atoms with E-state index in [0.717, 1.165) is 24.9 Å². The van der Waals surface area contributed by atoms with Crippen molar-refractivity contribution in [1.29, 1.82) is 0 Å². The highest BCUT2D eigenvalue weighted by Gasteiger charge is 2.23. The molecule has 1 aliphatic rings. The Labute approximate surface area is 140 Å². The van der Waals surface area contributed by atoms with Crippen molar-refractivity contribution in [2.45, 2.75) is 45.1 Å². The fraction of sp³-hybridized carbons (Fsp3) is 0.471. The van der Waals surface area contributed by atoms with Gasteiger partial charge in [-0.25, -0.2) is 0 Å². The molecule has 0 saturated carbocycles. The standard InChI is InChI=1S/C17H20ClN3O2/c1-12-4-2-3-11-21(12)16(22)10-9-15-19-17(20-23-15)13-5-7-14(18)8-6-13/h5-8,12H,2-4,9-11H2,1H3/t12-/m1/s1. The van der Waals surface area contributed by atoms with Gasteiger partial charge in [0.1, 0.15) is 0 Å². The maximum absolute atomic E-state index is 12.3. The number of aromatic nitrogens is 2. The van der Waals surface area contributed by atoms with Crippen LogP contribution >= 0.6 is 11.6 Å². The maximum Gasteiger partial charge on any atom is 0.227 e. The normalized spacial score (nSPS) is 18.2. The zero-order chi connectivity index (χ0) is 16.2. The first kappa shape index (κ1) is 16.0. The lowest BCUT2D eigenvalue weighted by Gasteiger charge is -2.33. The Morgan fingerprint density at radius 3 is 2.87 bits per heavy atom. The van der Waals surface area contributed by atoms with Gasteiger partial charge in [-0.3, -0.25) is 4.79 Å². The van der Waals surface area contributed by atoms with Crippen LogP contribution < -0.4 is 0 Å². The molecule has 0 bridgehead atoms. The van der Waals surface area contributed by atoms with Crippen molar-refractivity contribution in [2.24, 2.45) is 0 Å². The molecule has 6 heteroatoms. The number of carbonyl (C=O) groups excluding carboxylic acids is 1. The van der Waals surface area contributed by atoms with Crippen LogP contribution in [0, 0.1) is 0 Å². The molecular weight excluding hydrogens is 314 g/mol. The quantitative estimate of drug-likeness (QED) is 0.855. The summed E-state index contributed by atoms with van der Waals surface area (Å²) in [5.41, 5.74) is 0.848. The van der Waals surface area contributed by atoms with Crippen molar-refractivity contribution in [2.75, 3.05) is 6.54 Å². The number of benzene rings is 1. The lowest BCUT2D eigenvalue weighted by molar-refractivity contribution is -0.134. The number of hydrogen-bond donors (Lipinski definition) is 0. The lowest BCUT2D eigenvalue weighted by atomic mass is 10.0. The summed E-state index contributed by atoms with van der Waals surface area (Å²) in [7, 11) is 0. The number of amides is 1. The molecular formula is C17H20ClN3O2. The molecule has 0 unspecified atom stereocenters. The van der Waals surface area contributed by atoms with E-state index in [1.807, 2.05) is 17.0 Å². The Hall–Kier alpha value is -1.88. The Morgan fingerprint density at radius 2 is 2.13 bits per heavy atom. The highest BCUT2D eigenvalue weighted by molar-refractivity contribution is 6.30. The van der Waals surface area contributed by atoms with Gasteiger partial charge in [0, 0.05) is 36.0 Å². The van der Waals surface area contributed by atoms with E-state index < -0.39 is 0 Å². The summed E-state index contributed by atoms with van der Waals surface area (Å²) < 4.78 is 5.25. The smallest absolute Gasteiger partial charge is 0.227 e. The number of nitrogens with zero attached hydrogens (tertiary/aromatic N) is 3. The first-order valence-corrected chi connectivity index (χ1v) is 8.39. The van der Waals surface area contributed by atoms with Gasteiger partial charge in [0.05, 0.1) is 0 Å². The third-order valence-corrected chi connectivity index (χ3v) is 4.50. The fourth-order valence-electron chi connectivity index (χ4n) is 2.90. The van der Waals surface area contributed by atoms with Gasteiger partial charge in [0.2, 0.25) is 17.6 Å². The van der Waals surface area contributed by atoms with Crippen molar-refractivity contribution < 1.29 is 9.32 Å². The van der Waals surface area contributed by atoms with Crippen LogP contribution in [0.3, 0.4) is 0 Å². The van der Waals surface area contributed by atoms with E-state index in [2.05, 4.69) is 17.1 Å². The molecule has 1 fully saturated rings. The molecule has 23 heavy (non-hydrogen) atoms. The van der Waals surface area contributed by atoms with Crippen molar-refractivity contribution >= 4 is 17.5 Å². The van der Waals surface area contributed by atoms with Gasteiger partial charge in [-0.1, -0.05) is 16.8 Å². The average molecular weight is 334 g/mol. The number of rotatable bonds is 4. The average Bonchev–Trinajstić information content (AvgIpc) is 3.03. The molecule has 0 spiro atoms. The van der Waals surface area contributed by atoms with Crippen LogP contribution in [0.1, 0.15) is 38.5 Å². The van der Waals surface area contributed by atoms with Crippen molar-refractivity contribution in [3.8, 4) is 11.4 Å². The predicted octanol–water partition coefficient (Wildman–Crippen LogP) is 3.72. The van der Waals surface area contributed by atoms with Gasteiger partial charge in [-0.15, -0.1) is 0 Å².